The average molecular weight is 307 g/mol. The van der Waals surface area contributed by atoms with Gasteiger partial charge in [0.1, 0.15) is 0 Å². The second kappa shape index (κ2) is 5.37. The van der Waals surface area contributed by atoms with Crippen LogP contribution in [0.3, 0.4) is 0 Å². The van der Waals surface area contributed by atoms with Gasteiger partial charge >= 0.3 is 0 Å². The standard InChI is InChI=1S/C14H13NO5S/c1-2-9-3-5-10(6-4-9)15-21(19,20)11-7-12(16)14(18)13(17)8-11/h2-8,15-18H,1H2. The molecule has 0 aromatic heterocycles. The minimum Gasteiger partial charge on any atom is -0.504 e. The van der Waals surface area contributed by atoms with Crippen molar-refractivity contribution in [1.29, 1.82) is 0 Å². The van der Waals surface area contributed by atoms with Gasteiger partial charge in [-0.2, -0.15) is 0 Å². The summed E-state index contributed by atoms with van der Waals surface area (Å²) in [6.07, 6.45) is 1.62. The van der Waals surface area contributed by atoms with Gasteiger partial charge in [-0.15, -0.1) is 0 Å². The first-order valence-corrected chi connectivity index (χ1v) is 7.32. The molecule has 2 aromatic rings. The highest BCUT2D eigenvalue weighted by molar-refractivity contribution is 7.92. The van der Waals surface area contributed by atoms with E-state index in [9.17, 15) is 23.7 Å². The average Bonchev–Trinajstić information content (AvgIpc) is 2.44. The smallest absolute Gasteiger partial charge is 0.262 e. The van der Waals surface area contributed by atoms with Gasteiger partial charge in [0, 0.05) is 17.8 Å². The van der Waals surface area contributed by atoms with E-state index in [-0.39, 0.29) is 4.90 Å². The largest absolute Gasteiger partial charge is 0.504 e. The molecule has 0 aliphatic carbocycles. The van der Waals surface area contributed by atoms with Gasteiger partial charge in [-0.3, -0.25) is 4.72 Å². The van der Waals surface area contributed by atoms with E-state index in [2.05, 4.69) is 11.3 Å². The first kappa shape index (κ1) is 14.7. The lowest BCUT2D eigenvalue weighted by Crippen LogP contribution is -2.12. The van der Waals surface area contributed by atoms with Crippen molar-refractivity contribution in [2.45, 2.75) is 4.90 Å². The zero-order valence-electron chi connectivity index (χ0n) is 10.8. The second-order valence-corrected chi connectivity index (χ2v) is 5.92. The van der Waals surface area contributed by atoms with Crippen molar-refractivity contribution < 1.29 is 23.7 Å². The molecular weight excluding hydrogens is 294 g/mol. The van der Waals surface area contributed by atoms with Crippen molar-refractivity contribution in [3.8, 4) is 17.2 Å². The maximum atomic E-state index is 12.1. The third kappa shape index (κ3) is 3.09. The molecule has 2 rings (SSSR count). The lowest BCUT2D eigenvalue weighted by molar-refractivity contribution is 0.366. The first-order chi connectivity index (χ1) is 9.83. The second-order valence-electron chi connectivity index (χ2n) is 4.24. The van der Waals surface area contributed by atoms with Crippen molar-refractivity contribution in [1.82, 2.24) is 0 Å². The summed E-state index contributed by atoms with van der Waals surface area (Å²) < 4.78 is 26.6. The van der Waals surface area contributed by atoms with Crippen molar-refractivity contribution in [3.05, 3.63) is 48.5 Å². The Morgan fingerprint density at radius 1 is 1.00 bits per heavy atom. The summed E-state index contributed by atoms with van der Waals surface area (Å²) in [6, 6.07) is 8.14. The third-order valence-corrected chi connectivity index (χ3v) is 4.11. The molecule has 110 valence electrons. The normalized spacial score (nSPS) is 11.0. The van der Waals surface area contributed by atoms with Crippen molar-refractivity contribution in [2.24, 2.45) is 0 Å². The number of benzene rings is 2. The zero-order valence-corrected chi connectivity index (χ0v) is 11.6. The molecular formula is C14H13NO5S. The molecule has 2 aromatic carbocycles. The van der Waals surface area contributed by atoms with E-state index in [1.807, 2.05) is 0 Å². The summed E-state index contributed by atoms with van der Waals surface area (Å²) in [6.45, 7) is 3.59. The van der Waals surface area contributed by atoms with E-state index in [0.29, 0.717) is 5.69 Å². The number of nitrogens with one attached hydrogen (secondary N) is 1. The topological polar surface area (TPSA) is 107 Å². The lowest BCUT2D eigenvalue weighted by atomic mass is 10.2. The lowest BCUT2D eigenvalue weighted by Gasteiger charge is -2.10. The Bertz CT molecular complexity index is 759. The van der Waals surface area contributed by atoms with E-state index >= 15 is 0 Å². The summed E-state index contributed by atoms with van der Waals surface area (Å²) in [5, 5.41) is 27.9. The molecule has 0 spiro atoms. The molecule has 0 radical (unpaired) electrons. The van der Waals surface area contributed by atoms with Crippen LogP contribution in [0.25, 0.3) is 6.08 Å². The first-order valence-electron chi connectivity index (χ1n) is 5.84. The Hall–Kier alpha value is -2.67. The van der Waals surface area contributed by atoms with E-state index in [1.54, 1.807) is 30.3 Å². The summed E-state index contributed by atoms with van der Waals surface area (Å²) >= 11 is 0. The van der Waals surface area contributed by atoms with Gasteiger partial charge in [-0.05, 0) is 17.7 Å². The van der Waals surface area contributed by atoms with Crippen molar-refractivity contribution in [2.75, 3.05) is 4.72 Å². The predicted molar refractivity (Wildman–Crippen MR) is 78.8 cm³/mol. The highest BCUT2D eigenvalue weighted by Crippen LogP contribution is 2.37. The Morgan fingerprint density at radius 3 is 2.00 bits per heavy atom. The Labute approximate surface area is 121 Å². The molecule has 0 saturated carbocycles. The van der Waals surface area contributed by atoms with Crippen molar-refractivity contribution >= 4 is 21.8 Å². The van der Waals surface area contributed by atoms with Gasteiger partial charge in [0.25, 0.3) is 10.0 Å². The fourth-order valence-electron chi connectivity index (χ4n) is 1.64. The van der Waals surface area contributed by atoms with Gasteiger partial charge in [-0.25, -0.2) is 8.42 Å². The van der Waals surface area contributed by atoms with Crippen molar-refractivity contribution in [3.63, 3.8) is 0 Å². The fourth-order valence-corrected chi connectivity index (χ4v) is 2.73. The number of anilines is 1. The molecule has 0 unspecified atom stereocenters. The van der Waals surface area contributed by atoms with Gasteiger partial charge in [0.05, 0.1) is 4.90 Å². The Morgan fingerprint density at radius 2 is 1.52 bits per heavy atom. The number of phenolic OH excluding ortho intramolecular Hbond substituents is 3. The van der Waals surface area contributed by atoms with Gasteiger partial charge < -0.3 is 15.3 Å². The number of phenols is 3. The molecule has 0 aliphatic rings. The molecule has 4 N–H and O–H groups in total. The third-order valence-electron chi connectivity index (χ3n) is 2.75. The summed E-state index contributed by atoms with van der Waals surface area (Å²) in [4.78, 5) is -0.372. The van der Waals surface area contributed by atoms with E-state index in [1.165, 1.54) is 0 Å². The van der Waals surface area contributed by atoms with Crippen LogP contribution in [0.2, 0.25) is 0 Å². The van der Waals surface area contributed by atoms with E-state index < -0.39 is 27.3 Å². The molecule has 0 heterocycles. The van der Waals surface area contributed by atoms with Crippen LogP contribution in [0.5, 0.6) is 17.2 Å². The number of hydrogen-bond acceptors (Lipinski definition) is 5. The van der Waals surface area contributed by atoms with Crippen LogP contribution in [0.4, 0.5) is 5.69 Å². The zero-order chi connectivity index (χ0) is 15.6. The molecule has 6 nitrogen and oxygen atoms in total. The summed E-state index contributed by atoms with van der Waals surface area (Å²) in [5.41, 5.74) is 1.14. The number of rotatable bonds is 4. The maximum absolute atomic E-state index is 12.1. The summed E-state index contributed by atoms with van der Waals surface area (Å²) in [5.74, 6) is -2.22. The van der Waals surface area contributed by atoms with E-state index in [4.69, 9.17) is 0 Å². The van der Waals surface area contributed by atoms with Crippen LogP contribution in [0, 0.1) is 0 Å². The van der Waals surface area contributed by atoms with Crippen LogP contribution >= 0.6 is 0 Å². The minimum absolute atomic E-state index is 0.313. The number of sulfonamides is 1. The minimum atomic E-state index is -4.00. The molecule has 0 fully saturated rings. The van der Waals surface area contributed by atoms with Crippen LogP contribution in [-0.4, -0.2) is 23.7 Å². The van der Waals surface area contributed by atoms with Crippen LogP contribution in [0.1, 0.15) is 5.56 Å². The van der Waals surface area contributed by atoms with Gasteiger partial charge in [-0.1, -0.05) is 24.8 Å². The molecule has 0 aliphatic heterocycles. The molecule has 0 saturated heterocycles. The molecule has 0 bridgehead atoms. The quantitative estimate of drug-likeness (QED) is 0.648. The number of hydrogen-bond donors (Lipinski definition) is 4. The fraction of sp³-hybridized carbons (Fsp3) is 0. The molecule has 0 atom stereocenters. The number of aromatic hydroxyl groups is 3. The van der Waals surface area contributed by atoms with Gasteiger partial charge in [0.2, 0.25) is 0 Å². The summed E-state index contributed by atoms with van der Waals surface area (Å²) in [7, 11) is -4.00. The van der Waals surface area contributed by atoms with Gasteiger partial charge in [0.15, 0.2) is 17.2 Å². The van der Waals surface area contributed by atoms with Crippen LogP contribution in [0.15, 0.2) is 47.9 Å². The SMILES string of the molecule is C=Cc1ccc(NS(=O)(=O)c2cc(O)c(O)c(O)c2)cc1. The molecule has 7 heteroatoms. The predicted octanol–water partition coefficient (Wildman–Crippen LogP) is 2.25. The highest BCUT2D eigenvalue weighted by atomic mass is 32.2. The monoisotopic (exact) mass is 307 g/mol. The maximum Gasteiger partial charge on any atom is 0.262 e. The van der Waals surface area contributed by atoms with E-state index in [0.717, 1.165) is 17.7 Å². The molecule has 21 heavy (non-hydrogen) atoms. The van der Waals surface area contributed by atoms with Crippen LogP contribution in [-0.2, 0) is 10.0 Å². The Balaban J connectivity index is 2.35. The highest BCUT2D eigenvalue weighted by Gasteiger charge is 2.19. The Kier molecular flexibility index (Phi) is 3.77. The molecule has 0 amide bonds. The van der Waals surface area contributed by atoms with Crippen LogP contribution < -0.4 is 4.72 Å².